The fourth-order valence-corrected chi connectivity index (χ4v) is 8.28. The first kappa shape index (κ1) is 50.6. The molecule has 3 fully saturated rings. The molecular weight excluding hydrogens is 1020 g/mol. The number of esters is 1. The average Bonchev–Trinajstić information content (AvgIpc) is 4.27. The number of likely N-dealkylation sites (N-methyl/N-ethyl adjacent to an activating group) is 1. The lowest BCUT2D eigenvalue weighted by Crippen LogP contribution is -2.45. The van der Waals surface area contributed by atoms with Gasteiger partial charge < -0.3 is 50.5 Å². The fraction of sp³-hybridized carbons (Fsp3) is 0.312. The summed E-state index contributed by atoms with van der Waals surface area (Å²) in [5, 5.41) is 46.5. The van der Waals surface area contributed by atoms with Crippen LogP contribution in [-0.2, 0) is 23.0 Å². The highest BCUT2D eigenvalue weighted by molar-refractivity contribution is 6.31. The van der Waals surface area contributed by atoms with Crippen molar-refractivity contribution in [1.82, 2.24) is 58.1 Å². The summed E-state index contributed by atoms with van der Waals surface area (Å²) in [6, 6.07) is 12.0. The van der Waals surface area contributed by atoms with E-state index in [0.717, 1.165) is 61.0 Å². The Kier molecular flexibility index (Phi) is 14.5. The highest BCUT2D eigenvalue weighted by atomic mass is 35.5. The number of nitrogens with zero attached hydrogens (tertiary/aromatic N) is 12. The minimum absolute atomic E-state index is 0.0788. The van der Waals surface area contributed by atoms with Crippen molar-refractivity contribution in [3.8, 4) is 11.8 Å². The first-order valence-electron chi connectivity index (χ1n) is 23.7. The Morgan fingerprint density at radius 2 is 1.24 bits per heavy atom. The predicted molar refractivity (Wildman–Crippen MR) is 270 cm³/mol. The van der Waals surface area contributed by atoms with E-state index in [0.29, 0.717) is 60.9 Å². The molecular formula is C48H48Cl2F2N16O7. The number of hydrogen-bond acceptors (Lipinski definition) is 17. The lowest BCUT2D eigenvalue weighted by molar-refractivity contribution is -0.148. The van der Waals surface area contributed by atoms with Gasteiger partial charge in [-0.05, 0) is 81.3 Å². The maximum atomic E-state index is 14.4. The predicted octanol–water partition coefficient (Wildman–Crippen LogP) is 2.23. The van der Waals surface area contributed by atoms with Crippen LogP contribution in [0.1, 0.15) is 43.5 Å². The molecule has 390 valence electrons. The van der Waals surface area contributed by atoms with Crippen LogP contribution in [-0.4, -0.2) is 131 Å². The number of H-pyrrole nitrogens is 2. The van der Waals surface area contributed by atoms with Gasteiger partial charge in [-0.25, -0.2) is 37.5 Å². The molecule has 27 heteroatoms. The highest BCUT2D eigenvalue weighted by Crippen LogP contribution is 2.26. The Hall–Kier alpha value is -7.97. The second-order valence-electron chi connectivity index (χ2n) is 18.1. The van der Waals surface area contributed by atoms with Gasteiger partial charge in [-0.15, -0.1) is 0 Å². The van der Waals surface area contributed by atoms with Gasteiger partial charge >= 0.3 is 17.3 Å². The number of rotatable bonds is 14. The third-order valence-corrected chi connectivity index (χ3v) is 12.8. The lowest BCUT2D eigenvalue weighted by atomic mass is 10.3. The number of aliphatic hydroxyl groups excluding tert-OH is 1. The quantitative estimate of drug-likeness (QED) is 0.0770. The minimum Gasteiger partial charge on any atom is -0.493 e. The number of imidazole rings is 2. The first-order chi connectivity index (χ1) is 36.2. The summed E-state index contributed by atoms with van der Waals surface area (Å²) >= 11 is 12.0. The van der Waals surface area contributed by atoms with Gasteiger partial charge in [0.15, 0.2) is 29.0 Å². The number of aliphatic hydroxyl groups is 1. The molecule has 11 rings (SSSR count). The zero-order valence-corrected chi connectivity index (χ0v) is 41.4. The number of benzene rings is 2. The van der Waals surface area contributed by atoms with Crippen molar-refractivity contribution in [2.24, 2.45) is 9.98 Å². The maximum Gasteiger partial charge on any atom is 0.331 e. The molecule has 7 heterocycles. The maximum absolute atomic E-state index is 14.4. The van der Waals surface area contributed by atoms with Crippen LogP contribution in [0.15, 0.2) is 80.5 Å². The first-order valence-corrected chi connectivity index (χ1v) is 24.5. The Bertz CT molecular complexity index is 3860. The van der Waals surface area contributed by atoms with Crippen molar-refractivity contribution in [2.45, 2.75) is 57.6 Å². The van der Waals surface area contributed by atoms with Crippen molar-refractivity contribution < 1.29 is 33.6 Å². The molecule has 0 atom stereocenters. The minimum atomic E-state index is -0.675. The molecule has 7 N–H and O–H groups in total. The molecule has 23 nitrogen and oxygen atoms in total. The van der Waals surface area contributed by atoms with E-state index in [-0.39, 0.29) is 41.3 Å². The summed E-state index contributed by atoms with van der Waals surface area (Å²) in [6.45, 7) is 3.10. The zero-order chi connectivity index (χ0) is 52.5. The van der Waals surface area contributed by atoms with Gasteiger partial charge in [-0.1, -0.05) is 23.2 Å². The third kappa shape index (κ3) is 11.7. The van der Waals surface area contributed by atoms with Gasteiger partial charge in [0.25, 0.3) is 0 Å². The number of aromatic amines is 2. The van der Waals surface area contributed by atoms with Crippen LogP contribution in [0.2, 0.25) is 10.0 Å². The smallest absolute Gasteiger partial charge is 0.331 e. The monoisotopic (exact) mass is 1070 g/mol. The van der Waals surface area contributed by atoms with Crippen molar-refractivity contribution in [3.05, 3.63) is 136 Å². The van der Waals surface area contributed by atoms with E-state index >= 15 is 0 Å². The molecule has 1 aliphatic heterocycles. The number of aromatic nitrogens is 10. The molecule has 8 aromatic rings. The van der Waals surface area contributed by atoms with Crippen molar-refractivity contribution in [1.29, 1.82) is 0 Å². The Labute approximate surface area is 432 Å². The topological polar surface area (TPSA) is 278 Å². The normalized spacial score (nSPS) is 16.3. The number of aromatic hydroxyl groups is 2. The number of hydrogen-bond donors (Lipinski definition) is 7. The zero-order valence-electron chi connectivity index (χ0n) is 39.9. The molecule has 0 amide bonds. The van der Waals surface area contributed by atoms with Gasteiger partial charge in [0.2, 0.25) is 11.8 Å². The molecule has 6 aromatic heterocycles. The molecule has 2 aromatic carbocycles. The molecule has 0 radical (unpaired) electrons. The number of fused-ring (bicyclic) bond motifs is 2. The average molecular weight is 1070 g/mol. The van der Waals surface area contributed by atoms with Gasteiger partial charge in [0.1, 0.15) is 41.4 Å². The van der Waals surface area contributed by atoms with Crippen LogP contribution >= 0.6 is 23.2 Å². The van der Waals surface area contributed by atoms with E-state index < -0.39 is 54.2 Å². The van der Waals surface area contributed by atoms with E-state index in [9.17, 15) is 38.5 Å². The van der Waals surface area contributed by atoms with Crippen molar-refractivity contribution in [2.75, 3.05) is 50.4 Å². The second kappa shape index (κ2) is 21.5. The summed E-state index contributed by atoms with van der Waals surface area (Å²) in [6.07, 6.45) is 10.0. The van der Waals surface area contributed by atoms with Gasteiger partial charge in [-0.2, -0.15) is 19.2 Å². The van der Waals surface area contributed by atoms with Crippen LogP contribution in [0.5, 0.6) is 11.8 Å². The van der Waals surface area contributed by atoms with Crippen LogP contribution in [0.4, 0.5) is 31.8 Å². The summed E-state index contributed by atoms with van der Waals surface area (Å²) in [7, 11) is 2.06. The summed E-state index contributed by atoms with van der Waals surface area (Å²) in [5.41, 5.74) is 0.901. The van der Waals surface area contributed by atoms with E-state index in [2.05, 4.69) is 62.6 Å². The number of nitrogens with one attached hydrogen (secondary N) is 4. The Morgan fingerprint density at radius 3 is 1.71 bits per heavy atom. The van der Waals surface area contributed by atoms with Gasteiger partial charge in [0, 0.05) is 65.3 Å². The molecule has 2 aliphatic carbocycles. The van der Waals surface area contributed by atoms with Crippen LogP contribution in [0.3, 0.4) is 0 Å². The van der Waals surface area contributed by atoms with E-state index in [4.69, 9.17) is 32.9 Å². The number of carbonyl (C=O) groups excluding carboxylic acids is 1. The molecule has 75 heavy (non-hydrogen) atoms. The summed E-state index contributed by atoms with van der Waals surface area (Å²) in [4.78, 5) is 64.7. The van der Waals surface area contributed by atoms with Gasteiger partial charge in [0.05, 0.1) is 42.3 Å². The number of anilines is 4. The second-order valence-corrected chi connectivity index (χ2v) is 18.9. The van der Waals surface area contributed by atoms with Crippen LogP contribution in [0.25, 0.3) is 23.4 Å². The Morgan fingerprint density at radius 1 is 0.760 bits per heavy atom. The Balaban J connectivity index is 0.000000178. The highest BCUT2D eigenvalue weighted by Gasteiger charge is 2.23. The van der Waals surface area contributed by atoms with Crippen LogP contribution in [0, 0.1) is 11.6 Å². The number of ether oxygens (including phenoxy) is 1. The molecule has 3 aliphatic rings. The van der Waals surface area contributed by atoms with Crippen molar-refractivity contribution in [3.63, 3.8) is 0 Å². The van der Waals surface area contributed by atoms with Gasteiger partial charge in [-0.3, -0.25) is 14.8 Å². The van der Waals surface area contributed by atoms with E-state index in [1.807, 2.05) is 0 Å². The number of halogens is 4. The standard InChI is InChI=1S/C28H31ClFN9O4.C20H17ClFN7O3/c1-36-8-10-37(11-9-36)7-6-25(40)43-16-38-27(41)22(34-28(38)42)12-17-15-31-39-24(32-19-3-4-19)14-23(35-26(17)39)33-21-13-18(29)2-5-20(21)30;21-11-1-4-13(22)14(6-11)25-16-7-17(24-12-2-3-12)29-18(27-16)10(8-23-29)5-15-19(31)28(9-30)20(32)26-15/h2,5,12-15,19,33,41H,3-4,6-11,16H2,1H3,(H,34,42);1,4-8,12,25,30-31H,2-3,9H2,(H,26,32). The SMILES string of the molecule is CN1CCN(CCC(=O)OCn2c(O)c(C=c3cnn4c(=NC5CC5)cc(Nc5cc(Cl)ccc5F)nc34)[nH]c2=O)CC1.O=c1[nH]c(C=c2cnn3c(=NC4CC4)cc(Nc4cc(Cl)ccc4F)nc23)c(O)n1CO. The van der Waals surface area contributed by atoms with E-state index in [1.165, 1.54) is 70.0 Å². The third-order valence-electron chi connectivity index (χ3n) is 12.4. The summed E-state index contributed by atoms with van der Waals surface area (Å²) < 4.78 is 38.7. The van der Waals surface area contributed by atoms with Crippen molar-refractivity contribution >= 4 is 75.6 Å². The van der Waals surface area contributed by atoms with Crippen LogP contribution < -0.4 is 43.4 Å². The molecule has 0 unspecified atom stereocenters. The molecule has 0 spiro atoms. The fourth-order valence-electron chi connectivity index (χ4n) is 7.94. The summed E-state index contributed by atoms with van der Waals surface area (Å²) in [5.74, 6) is -1.67. The number of carbonyl (C=O) groups is 1. The molecule has 2 saturated carbocycles. The number of piperazine rings is 1. The molecule has 0 bridgehead atoms. The van der Waals surface area contributed by atoms with E-state index in [1.54, 1.807) is 12.1 Å². The molecule has 1 saturated heterocycles. The largest absolute Gasteiger partial charge is 0.493 e. The lowest BCUT2D eigenvalue weighted by Gasteiger charge is -2.31.